The number of hydrogen-bond acceptors (Lipinski definition) is 5. The Morgan fingerprint density at radius 1 is 1.03 bits per heavy atom. The van der Waals surface area contributed by atoms with E-state index in [1.807, 2.05) is 52.7 Å². The van der Waals surface area contributed by atoms with Crippen molar-refractivity contribution in [2.45, 2.75) is 32.0 Å². The summed E-state index contributed by atoms with van der Waals surface area (Å²) < 4.78 is 5.89. The maximum absolute atomic E-state index is 13.9. The minimum atomic E-state index is -0.787. The van der Waals surface area contributed by atoms with Crippen LogP contribution in [0.25, 0.3) is 0 Å². The second kappa shape index (κ2) is 11.0. The molecule has 34 heavy (non-hydrogen) atoms. The largest absolute Gasteiger partial charge is 0.457 e. The first-order valence-corrected chi connectivity index (χ1v) is 12.7. The molecule has 178 valence electrons. The third-order valence-corrected chi connectivity index (χ3v) is 6.80. The number of thiophene rings is 1. The number of carbonyl (C=O) groups excluding carboxylic acids is 2. The van der Waals surface area contributed by atoms with E-state index in [1.165, 1.54) is 16.2 Å². The molecule has 2 amide bonds. The Balaban J connectivity index is 1.66. The second-order valence-electron chi connectivity index (χ2n) is 8.44. The number of nitrogens with one attached hydrogen (secondary N) is 1. The zero-order valence-electron chi connectivity index (χ0n) is 19.2. The SMILES string of the molecule is C[C@@H]1CN(C(=O)C(c2cccs2)N(C(=O)CCl)c2ccc(Oc3ccccc3)cc2)C[C@H](C)N1. The van der Waals surface area contributed by atoms with Gasteiger partial charge in [0.25, 0.3) is 5.91 Å². The predicted molar refractivity (Wildman–Crippen MR) is 137 cm³/mol. The third-order valence-electron chi connectivity index (χ3n) is 5.65. The van der Waals surface area contributed by atoms with Crippen LogP contribution in [0.4, 0.5) is 5.69 Å². The van der Waals surface area contributed by atoms with E-state index in [-0.39, 0.29) is 29.8 Å². The molecule has 1 fully saturated rings. The van der Waals surface area contributed by atoms with Crippen LogP contribution >= 0.6 is 22.9 Å². The highest BCUT2D eigenvalue weighted by molar-refractivity contribution is 7.10. The van der Waals surface area contributed by atoms with E-state index in [0.717, 1.165) is 10.6 Å². The molecule has 3 atom stereocenters. The number of anilines is 1. The zero-order valence-corrected chi connectivity index (χ0v) is 20.8. The number of piperazine rings is 1. The van der Waals surface area contributed by atoms with Crippen LogP contribution in [0.15, 0.2) is 72.1 Å². The number of halogens is 1. The van der Waals surface area contributed by atoms with E-state index in [2.05, 4.69) is 19.2 Å². The molecule has 2 heterocycles. The fraction of sp³-hybridized carbons (Fsp3) is 0.308. The topological polar surface area (TPSA) is 61.9 Å². The van der Waals surface area contributed by atoms with E-state index in [1.54, 1.807) is 24.3 Å². The molecule has 0 saturated carbocycles. The molecule has 2 aromatic carbocycles. The maximum Gasteiger partial charge on any atom is 0.251 e. The molecule has 1 aliphatic rings. The molecule has 8 heteroatoms. The van der Waals surface area contributed by atoms with Gasteiger partial charge in [-0.15, -0.1) is 22.9 Å². The molecule has 6 nitrogen and oxygen atoms in total. The molecule has 1 aromatic heterocycles. The number of carbonyl (C=O) groups is 2. The molecule has 1 aliphatic heterocycles. The molecule has 1 unspecified atom stereocenters. The standard InChI is InChI=1S/C26H28ClN3O3S/c1-18-16-29(17-19(2)28-18)26(32)25(23-9-6-14-34-23)30(24(31)15-27)20-10-12-22(13-11-20)33-21-7-4-3-5-8-21/h3-14,18-19,25,28H,15-17H2,1-2H3/t18-,19+,25?. The van der Waals surface area contributed by atoms with Crippen molar-refractivity contribution in [2.75, 3.05) is 23.9 Å². The van der Waals surface area contributed by atoms with Crippen LogP contribution in [0.5, 0.6) is 11.5 Å². The molecular formula is C26H28ClN3O3S. The van der Waals surface area contributed by atoms with Gasteiger partial charge >= 0.3 is 0 Å². The lowest BCUT2D eigenvalue weighted by molar-refractivity contribution is -0.136. The van der Waals surface area contributed by atoms with Gasteiger partial charge in [0.2, 0.25) is 5.91 Å². The normalized spacial score (nSPS) is 18.9. The van der Waals surface area contributed by atoms with Gasteiger partial charge in [-0.05, 0) is 61.7 Å². The van der Waals surface area contributed by atoms with Crippen LogP contribution in [-0.4, -0.2) is 47.8 Å². The fourth-order valence-corrected chi connectivity index (χ4v) is 5.22. The van der Waals surface area contributed by atoms with Crippen molar-refractivity contribution in [1.29, 1.82) is 0 Å². The molecule has 0 aliphatic carbocycles. The highest BCUT2D eigenvalue weighted by atomic mass is 35.5. The summed E-state index contributed by atoms with van der Waals surface area (Å²) in [6.07, 6.45) is 0. The first kappa shape index (κ1) is 24.3. The molecule has 0 bridgehead atoms. The molecule has 1 saturated heterocycles. The van der Waals surface area contributed by atoms with Crippen LogP contribution in [0.2, 0.25) is 0 Å². The summed E-state index contributed by atoms with van der Waals surface area (Å²) in [4.78, 5) is 31.2. The average molecular weight is 498 g/mol. The molecule has 4 rings (SSSR count). The molecule has 0 spiro atoms. The number of rotatable bonds is 7. The molecule has 1 N–H and O–H groups in total. The first-order valence-electron chi connectivity index (χ1n) is 11.3. The molecular weight excluding hydrogens is 470 g/mol. The van der Waals surface area contributed by atoms with Gasteiger partial charge in [-0.25, -0.2) is 0 Å². The van der Waals surface area contributed by atoms with Crippen LogP contribution in [-0.2, 0) is 9.59 Å². The summed E-state index contributed by atoms with van der Waals surface area (Å²) in [6, 6.07) is 20.0. The molecule has 3 aromatic rings. The van der Waals surface area contributed by atoms with E-state index >= 15 is 0 Å². The number of benzene rings is 2. The summed E-state index contributed by atoms with van der Waals surface area (Å²) in [5, 5.41) is 5.37. The number of ether oxygens (including phenoxy) is 1. The number of para-hydroxylation sites is 1. The van der Waals surface area contributed by atoms with Gasteiger partial charge in [0.1, 0.15) is 23.4 Å². The lowest BCUT2D eigenvalue weighted by Gasteiger charge is -2.40. The maximum atomic E-state index is 13.9. The van der Waals surface area contributed by atoms with E-state index in [9.17, 15) is 9.59 Å². The van der Waals surface area contributed by atoms with E-state index in [4.69, 9.17) is 16.3 Å². The van der Waals surface area contributed by atoms with Crippen LogP contribution in [0, 0.1) is 0 Å². The van der Waals surface area contributed by atoms with Gasteiger partial charge in [-0.3, -0.25) is 14.5 Å². The summed E-state index contributed by atoms with van der Waals surface area (Å²) in [6.45, 7) is 5.28. The fourth-order valence-electron chi connectivity index (χ4n) is 4.29. The van der Waals surface area contributed by atoms with Crippen molar-refractivity contribution < 1.29 is 14.3 Å². The Morgan fingerprint density at radius 3 is 2.26 bits per heavy atom. The quantitative estimate of drug-likeness (QED) is 0.463. The van der Waals surface area contributed by atoms with Gasteiger partial charge in [-0.2, -0.15) is 0 Å². The van der Waals surface area contributed by atoms with Crippen LogP contribution < -0.4 is 15.0 Å². The van der Waals surface area contributed by atoms with Gasteiger partial charge in [0, 0.05) is 35.7 Å². The summed E-state index contributed by atoms with van der Waals surface area (Å²) in [7, 11) is 0. The van der Waals surface area contributed by atoms with Crippen LogP contribution in [0.3, 0.4) is 0 Å². The Kier molecular flexibility index (Phi) is 7.88. The average Bonchev–Trinajstić information content (AvgIpc) is 3.37. The zero-order chi connectivity index (χ0) is 24.1. The highest BCUT2D eigenvalue weighted by Gasteiger charge is 2.37. The first-order chi connectivity index (χ1) is 16.5. The Hall–Kier alpha value is -2.87. The van der Waals surface area contributed by atoms with Crippen molar-refractivity contribution in [3.05, 3.63) is 77.0 Å². The lowest BCUT2D eigenvalue weighted by atomic mass is 10.1. The van der Waals surface area contributed by atoms with Gasteiger partial charge < -0.3 is 15.0 Å². The summed E-state index contributed by atoms with van der Waals surface area (Å²) in [5.74, 6) is 0.688. The van der Waals surface area contributed by atoms with E-state index < -0.39 is 6.04 Å². The van der Waals surface area contributed by atoms with Gasteiger partial charge in [0.15, 0.2) is 0 Å². The lowest BCUT2D eigenvalue weighted by Crippen LogP contribution is -2.58. The van der Waals surface area contributed by atoms with Crippen molar-refractivity contribution in [3.63, 3.8) is 0 Å². The summed E-state index contributed by atoms with van der Waals surface area (Å²) in [5.41, 5.74) is 0.592. The highest BCUT2D eigenvalue weighted by Crippen LogP contribution is 2.34. The monoisotopic (exact) mass is 497 g/mol. The third kappa shape index (κ3) is 5.60. The van der Waals surface area contributed by atoms with Gasteiger partial charge in [0.05, 0.1) is 0 Å². The number of amides is 2. The summed E-state index contributed by atoms with van der Waals surface area (Å²) >= 11 is 7.49. The minimum Gasteiger partial charge on any atom is -0.457 e. The van der Waals surface area contributed by atoms with Crippen molar-refractivity contribution in [1.82, 2.24) is 10.2 Å². The van der Waals surface area contributed by atoms with Crippen molar-refractivity contribution >= 4 is 40.4 Å². The van der Waals surface area contributed by atoms with Crippen molar-refractivity contribution in [3.8, 4) is 11.5 Å². The van der Waals surface area contributed by atoms with Gasteiger partial charge in [-0.1, -0.05) is 24.3 Å². The second-order valence-corrected chi connectivity index (χ2v) is 9.68. The smallest absolute Gasteiger partial charge is 0.251 e. The Labute approximate surface area is 209 Å². The van der Waals surface area contributed by atoms with E-state index in [0.29, 0.717) is 24.5 Å². The predicted octanol–water partition coefficient (Wildman–Crippen LogP) is 5.06. The number of alkyl halides is 1. The number of hydrogen-bond donors (Lipinski definition) is 1. The Morgan fingerprint density at radius 2 is 1.68 bits per heavy atom. The van der Waals surface area contributed by atoms with Crippen LogP contribution in [0.1, 0.15) is 24.8 Å². The minimum absolute atomic E-state index is 0.106. The number of nitrogens with zero attached hydrogens (tertiary/aromatic N) is 2. The molecule has 0 radical (unpaired) electrons. The van der Waals surface area contributed by atoms with Crippen molar-refractivity contribution in [2.24, 2.45) is 0 Å². The Bertz CT molecular complexity index is 1080.